The fourth-order valence-electron chi connectivity index (χ4n) is 1.30. The molecule has 102 valence electrons. The van der Waals surface area contributed by atoms with Gasteiger partial charge in [-0.05, 0) is 6.07 Å². The molecule has 0 saturated heterocycles. The fourth-order valence-corrected chi connectivity index (χ4v) is 2.72. The lowest BCUT2D eigenvalue weighted by molar-refractivity contribution is -0.394. The predicted octanol–water partition coefficient (Wildman–Crippen LogP) is 2.56. The van der Waals surface area contributed by atoms with Crippen LogP contribution in [0.4, 0.5) is 11.4 Å². The van der Waals surface area contributed by atoms with Gasteiger partial charge in [-0.1, -0.05) is 0 Å². The van der Waals surface area contributed by atoms with Crippen molar-refractivity contribution in [2.24, 2.45) is 10.2 Å². The van der Waals surface area contributed by atoms with Gasteiger partial charge in [-0.25, -0.2) is 0 Å². The Labute approximate surface area is 119 Å². The van der Waals surface area contributed by atoms with Crippen molar-refractivity contribution in [2.75, 3.05) is 0 Å². The van der Waals surface area contributed by atoms with Gasteiger partial charge in [0.05, 0.1) is 27.7 Å². The van der Waals surface area contributed by atoms with Gasteiger partial charge >= 0.3 is 0 Å². The van der Waals surface area contributed by atoms with Gasteiger partial charge < -0.3 is 0 Å². The van der Waals surface area contributed by atoms with E-state index in [0.717, 1.165) is 6.07 Å². The van der Waals surface area contributed by atoms with Crippen molar-refractivity contribution in [1.82, 2.24) is 0 Å². The smallest absolute Gasteiger partial charge is 0.258 e. The van der Waals surface area contributed by atoms with E-state index >= 15 is 0 Å². The number of nitro benzene ring substituents is 2. The van der Waals surface area contributed by atoms with Crippen LogP contribution in [0.15, 0.2) is 39.2 Å². The molecule has 8 nitrogen and oxygen atoms in total. The van der Waals surface area contributed by atoms with Gasteiger partial charge in [0.2, 0.25) is 0 Å². The van der Waals surface area contributed by atoms with E-state index < -0.39 is 9.85 Å². The number of nitrogens with zero attached hydrogens (tertiary/aromatic N) is 4. The van der Waals surface area contributed by atoms with Crippen molar-refractivity contribution in [1.29, 1.82) is 0 Å². The predicted molar refractivity (Wildman–Crippen MR) is 75.1 cm³/mol. The van der Waals surface area contributed by atoms with E-state index in [1.54, 1.807) is 0 Å². The third-order valence-corrected chi connectivity index (χ3v) is 4.01. The number of nitro groups is 2. The Morgan fingerprint density at radius 2 is 1.80 bits per heavy atom. The molecular formula is C10H6N4O4S2. The van der Waals surface area contributed by atoms with Crippen LogP contribution in [0.3, 0.4) is 0 Å². The Morgan fingerprint density at radius 1 is 1.10 bits per heavy atom. The maximum atomic E-state index is 10.9. The third-order valence-electron chi connectivity index (χ3n) is 2.15. The van der Waals surface area contributed by atoms with Crippen LogP contribution in [0, 0.1) is 20.2 Å². The summed E-state index contributed by atoms with van der Waals surface area (Å²) in [5, 5.41) is 32.8. The van der Waals surface area contributed by atoms with Gasteiger partial charge in [0.1, 0.15) is 0 Å². The molecule has 0 radical (unpaired) electrons. The minimum Gasteiger partial charge on any atom is -0.258 e. The fraction of sp³-hybridized carbons (Fsp3) is 0. The maximum absolute atomic E-state index is 10.9. The highest BCUT2D eigenvalue weighted by molar-refractivity contribution is 7.24. The number of hydrogen-bond donors (Lipinski definition) is 0. The lowest BCUT2D eigenvalue weighted by Gasteiger charge is -1.96. The molecule has 20 heavy (non-hydrogen) atoms. The summed E-state index contributed by atoms with van der Waals surface area (Å²) >= 11 is 2.78. The summed E-state index contributed by atoms with van der Waals surface area (Å²) in [7, 11) is 0. The molecule has 0 atom stereocenters. The second-order valence-electron chi connectivity index (χ2n) is 3.38. The molecule has 0 unspecified atom stereocenters. The normalized spacial score (nSPS) is 10.6. The summed E-state index contributed by atoms with van der Waals surface area (Å²) in [6.45, 7) is 0. The van der Waals surface area contributed by atoms with E-state index in [1.165, 1.54) is 41.0 Å². The Balaban J connectivity index is 2.36. The van der Waals surface area contributed by atoms with Crippen molar-refractivity contribution >= 4 is 40.3 Å². The van der Waals surface area contributed by atoms with E-state index in [-0.39, 0.29) is 16.9 Å². The Morgan fingerprint density at radius 3 is 2.40 bits per heavy atom. The molecule has 2 aromatic rings. The monoisotopic (exact) mass is 310 g/mol. The quantitative estimate of drug-likeness (QED) is 0.490. The molecule has 0 aliphatic carbocycles. The second kappa shape index (κ2) is 6.12. The number of non-ortho nitro benzene ring substituents is 1. The highest BCUT2D eigenvalue weighted by Crippen LogP contribution is 2.23. The topological polar surface area (TPSA) is 111 Å². The van der Waals surface area contributed by atoms with Crippen molar-refractivity contribution in [2.45, 2.75) is 0 Å². The summed E-state index contributed by atoms with van der Waals surface area (Å²) in [6.07, 6.45) is 1.20. The summed E-state index contributed by atoms with van der Waals surface area (Å²) in [4.78, 5) is 20.1. The molecule has 10 heteroatoms. The molecule has 0 amide bonds. The van der Waals surface area contributed by atoms with E-state index in [9.17, 15) is 20.2 Å². The summed E-state index contributed by atoms with van der Waals surface area (Å²) in [5.41, 5.74) is -0.565. The van der Waals surface area contributed by atoms with Crippen LogP contribution in [-0.2, 0) is 0 Å². The first kappa shape index (κ1) is 14.0. The van der Waals surface area contributed by atoms with Crippen molar-refractivity contribution in [3.63, 3.8) is 0 Å². The van der Waals surface area contributed by atoms with E-state index in [0.29, 0.717) is 3.98 Å². The highest BCUT2D eigenvalue weighted by atomic mass is 32.2. The van der Waals surface area contributed by atoms with Crippen molar-refractivity contribution < 1.29 is 9.85 Å². The van der Waals surface area contributed by atoms with Gasteiger partial charge in [0.15, 0.2) is 3.98 Å². The van der Waals surface area contributed by atoms with Gasteiger partial charge in [0, 0.05) is 16.8 Å². The number of benzene rings is 1. The summed E-state index contributed by atoms with van der Waals surface area (Å²) < 4.78 is 0.700. The zero-order valence-corrected chi connectivity index (χ0v) is 11.3. The Kier molecular flexibility index (Phi) is 4.27. The minimum atomic E-state index is -0.692. The molecule has 0 saturated carbocycles. The van der Waals surface area contributed by atoms with E-state index in [2.05, 4.69) is 10.2 Å². The highest BCUT2D eigenvalue weighted by Gasteiger charge is 2.17. The largest absolute Gasteiger partial charge is 0.285 e. The second-order valence-corrected chi connectivity index (χ2v) is 5.42. The lowest BCUT2D eigenvalue weighted by Crippen LogP contribution is -1.97. The SMILES string of the molecule is O=[N+]([O-])c1ccc(/C=N/N=c2sccs2)c([N+](=O)[O-])c1. The first-order valence-electron chi connectivity index (χ1n) is 5.10. The number of rotatable bonds is 4. The van der Waals surface area contributed by atoms with Crippen LogP contribution in [0.25, 0.3) is 0 Å². The van der Waals surface area contributed by atoms with Crippen LogP contribution in [0.5, 0.6) is 0 Å². The molecule has 2 rings (SSSR count). The zero-order chi connectivity index (χ0) is 14.5. The summed E-state index contributed by atoms with van der Waals surface area (Å²) in [5.74, 6) is 0. The van der Waals surface area contributed by atoms with Crippen LogP contribution in [0.1, 0.15) is 5.56 Å². The zero-order valence-electron chi connectivity index (χ0n) is 9.70. The van der Waals surface area contributed by atoms with Crippen LogP contribution < -0.4 is 3.98 Å². The molecule has 1 aromatic heterocycles. The van der Waals surface area contributed by atoms with Crippen molar-refractivity contribution in [3.05, 3.63) is 58.7 Å². The molecule has 0 bridgehead atoms. The third kappa shape index (κ3) is 3.30. The number of hydrogen-bond acceptors (Lipinski definition) is 8. The van der Waals surface area contributed by atoms with Crippen LogP contribution in [-0.4, -0.2) is 16.1 Å². The molecule has 0 aliphatic rings. The minimum absolute atomic E-state index is 0.158. The average Bonchev–Trinajstić information content (AvgIpc) is 2.91. The van der Waals surface area contributed by atoms with Crippen molar-refractivity contribution in [3.8, 4) is 0 Å². The van der Waals surface area contributed by atoms with Gasteiger partial charge in [0.25, 0.3) is 11.4 Å². The molecule has 1 heterocycles. The first-order chi connectivity index (χ1) is 9.58. The van der Waals surface area contributed by atoms with Gasteiger partial charge in [-0.2, -0.15) is 5.10 Å². The lowest BCUT2D eigenvalue weighted by atomic mass is 10.2. The van der Waals surface area contributed by atoms with Gasteiger partial charge in [-0.3, -0.25) is 20.2 Å². The van der Waals surface area contributed by atoms with Gasteiger partial charge in [-0.15, -0.1) is 27.8 Å². The summed E-state index contributed by atoms with van der Waals surface area (Å²) in [6, 6.07) is 3.35. The average molecular weight is 310 g/mol. The van der Waals surface area contributed by atoms with Crippen LogP contribution >= 0.6 is 22.7 Å². The molecule has 0 fully saturated rings. The van der Waals surface area contributed by atoms with Crippen LogP contribution in [0.2, 0.25) is 0 Å². The Bertz CT molecular complexity index is 733. The molecular weight excluding hydrogens is 304 g/mol. The standard InChI is InChI=1S/C10H6N4O4S2/c15-13(16)8-2-1-7(9(5-8)14(17)18)6-11-12-10-19-3-4-20-10/h1-6H/b11-6+. The Hall–Kier alpha value is -2.46. The van der Waals surface area contributed by atoms with E-state index in [1.807, 2.05) is 10.8 Å². The first-order valence-corrected chi connectivity index (χ1v) is 6.86. The maximum Gasteiger partial charge on any atom is 0.285 e. The molecule has 0 spiro atoms. The molecule has 0 N–H and O–H groups in total. The molecule has 0 aliphatic heterocycles. The van der Waals surface area contributed by atoms with E-state index in [4.69, 9.17) is 0 Å². The molecule has 1 aromatic carbocycles.